The van der Waals surface area contributed by atoms with Gasteiger partial charge in [-0.1, -0.05) is 0 Å². The topological polar surface area (TPSA) is 83.4 Å². The van der Waals surface area contributed by atoms with Gasteiger partial charge in [-0.3, -0.25) is 19.9 Å². The van der Waals surface area contributed by atoms with E-state index in [0.717, 1.165) is 58.1 Å². The predicted octanol–water partition coefficient (Wildman–Crippen LogP) is -0.374. The highest BCUT2D eigenvalue weighted by Crippen LogP contribution is 2.03. The van der Waals surface area contributed by atoms with Gasteiger partial charge >= 0.3 is 0 Å². The molecular formula is C14H26N6O. The van der Waals surface area contributed by atoms with Gasteiger partial charge in [0.1, 0.15) is 0 Å². The van der Waals surface area contributed by atoms with Gasteiger partial charge in [-0.25, -0.2) is 0 Å². The summed E-state index contributed by atoms with van der Waals surface area (Å²) in [7, 11) is 1.75. The summed E-state index contributed by atoms with van der Waals surface area (Å²) in [6.07, 6.45) is 2.40. The highest BCUT2D eigenvalue weighted by atomic mass is 16.5. The van der Waals surface area contributed by atoms with Gasteiger partial charge in [0, 0.05) is 59.0 Å². The molecule has 1 aliphatic heterocycles. The standard InChI is InChI=1S/C14H26N6O/c1-21-11-10-19-6-4-18(5-7-19)8-9-20-3-2-13(17-20)12-14(15)16/h2-3H,4-12H2,1H3,(H3,15,16). The molecule has 21 heavy (non-hydrogen) atoms. The van der Waals surface area contributed by atoms with Crippen molar-refractivity contribution in [3.63, 3.8) is 0 Å². The van der Waals surface area contributed by atoms with Crippen LogP contribution in [0.3, 0.4) is 0 Å². The summed E-state index contributed by atoms with van der Waals surface area (Å²) in [6, 6.07) is 1.93. The van der Waals surface area contributed by atoms with Crippen LogP contribution in [0.15, 0.2) is 12.3 Å². The lowest BCUT2D eigenvalue weighted by molar-refractivity contribution is 0.0948. The van der Waals surface area contributed by atoms with Crippen molar-refractivity contribution in [2.24, 2.45) is 5.73 Å². The summed E-state index contributed by atoms with van der Waals surface area (Å²) in [4.78, 5) is 4.91. The zero-order valence-corrected chi connectivity index (χ0v) is 12.8. The van der Waals surface area contributed by atoms with Crippen LogP contribution in [0.25, 0.3) is 0 Å². The summed E-state index contributed by atoms with van der Waals surface area (Å²) in [5, 5.41) is 11.7. The second-order valence-electron chi connectivity index (χ2n) is 5.45. The number of nitrogens with two attached hydrogens (primary N) is 1. The van der Waals surface area contributed by atoms with E-state index in [-0.39, 0.29) is 5.84 Å². The SMILES string of the molecule is COCCN1CCN(CCn2ccc(CC(=N)N)n2)CC1. The number of rotatable bonds is 8. The van der Waals surface area contributed by atoms with Gasteiger partial charge in [0.15, 0.2) is 0 Å². The number of nitrogens with zero attached hydrogens (tertiary/aromatic N) is 4. The van der Waals surface area contributed by atoms with Gasteiger partial charge in [-0.2, -0.15) is 5.10 Å². The minimum atomic E-state index is 0.160. The van der Waals surface area contributed by atoms with Crippen LogP contribution in [0.1, 0.15) is 5.69 Å². The molecule has 7 heteroatoms. The lowest BCUT2D eigenvalue weighted by Gasteiger charge is -2.34. The molecule has 1 saturated heterocycles. The fourth-order valence-corrected chi connectivity index (χ4v) is 2.52. The quantitative estimate of drug-likeness (QED) is 0.505. The largest absolute Gasteiger partial charge is 0.387 e. The molecule has 118 valence electrons. The molecular weight excluding hydrogens is 268 g/mol. The van der Waals surface area contributed by atoms with Crippen molar-refractivity contribution in [1.82, 2.24) is 19.6 Å². The number of nitrogens with one attached hydrogen (secondary N) is 1. The minimum Gasteiger partial charge on any atom is -0.387 e. The Morgan fingerprint density at radius 2 is 1.90 bits per heavy atom. The van der Waals surface area contributed by atoms with E-state index in [9.17, 15) is 0 Å². The Morgan fingerprint density at radius 3 is 2.52 bits per heavy atom. The summed E-state index contributed by atoms with van der Waals surface area (Å²) in [6.45, 7) is 8.16. The fraction of sp³-hybridized carbons (Fsp3) is 0.714. The zero-order valence-electron chi connectivity index (χ0n) is 12.8. The number of hydrogen-bond donors (Lipinski definition) is 2. The van der Waals surface area contributed by atoms with E-state index in [0.29, 0.717) is 6.42 Å². The number of ether oxygens (including phenoxy) is 1. The van der Waals surface area contributed by atoms with Gasteiger partial charge in [0.25, 0.3) is 0 Å². The molecule has 1 aromatic rings. The Labute approximate surface area is 126 Å². The van der Waals surface area contributed by atoms with Gasteiger partial charge in [0.05, 0.1) is 24.7 Å². The molecule has 0 radical (unpaired) electrons. The maximum atomic E-state index is 7.28. The highest BCUT2D eigenvalue weighted by molar-refractivity contribution is 5.78. The summed E-state index contributed by atoms with van der Waals surface area (Å²) < 4.78 is 7.06. The summed E-state index contributed by atoms with van der Waals surface area (Å²) in [5.74, 6) is 0.160. The van der Waals surface area contributed by atoms with Gasteiger partial charge in [-0.15, -0.1) is 0 Å². The van der Waals surface area contributed by atoms with Crippen LogP contribution >= 0.6 is 0 Å². The third-order valence-corrected chi connectivity index (χ3v) is 3.79. The Hall–Kier alpha value is -1.44. The Balaban J connectivity index is 1.67. The molecule has 2 rings (SSSR count). The maximum Gasteiger partial charge on any atom is 0.0966 e. The molecule has 1 fully saturated rings. The Bertz CT molecular complexity index is 438. The lowest BCUT2D eigenvalue weighted by atomic mass is 10.3. The molecule has 0 aromatic carbocycles. The van der Waals surface area contributed by atoms with Crippen molar-refractivity contribution < 1.29 is 4.74 Å². The van der Waals surface area contributed by atoms with E-state index in [1.165, 1.54) is 0 Å². The van der Waals surface area contributed by atoms with E-state index in [1.54, 1.807) is 7.11 Å². The van der Waals surface area contributed by atoms with E-state index >= 15 is 0 Å². The molecule has 1 aliphatic rings. The molecule has 0 aliphatic carbocycles. The second-order valence-corrected chi connectivity index (χ2v) is 5.45. The predicted molar refractivity (Wildman–Crippen MR) is 82.6 cm³/mol. The van der Waals surface area contributed by atoms with Gasteiger partial charge in [0.2, 0.25) is 0 Å². The van der Waals surface area contributed by atoms with Crippen LogP contribution in [-0.4, -0.2) is 78.4 Å². The molecule has 0 bridgehead atoms. The van der Waals surface area contributed by atoms with Crippen molar-refractivity contribution >= 4 is 5.84 Å². The lowest BCUT2D eigenvalue weighted by Crippen LogP contribution is -2.47. The van der Waals surface area contributed by atoms with E-state index in [1.807, 2.05) is 16.9 Å². The number of amidine groups is 1. The number of piperazine rings is 1. The molecule has 0 spiro atoms. The minimum absolute atomic E-state index is 0.160. The first-order valence-corrected chi connectivity index (χ1v) is 7.46. The van der Waals surface area contributed by atoms with Crippen LogP contribution in [0.5, 0.6) is 0 Å². The molecule has 1 aromatic heterocycles. The van der Waals surface area contributed by atoms with Crippen molar-refractivity contribution in [3.8, 4) is 0 Å². The molecule has 0 amide bonds. The summed E-state index contributed by atoms with van der Waals surface area (Å²) in [5.41, 5.74) is 6.25. The van der Waals surface area contributed by atoms with Crippen LogP contribution < -0.4 is 5.73 Å². The monoisotopic (exact) mass is 294 g/mol. The van der Waals surface area contributed by atoms with Crippen LogP contribution in [0, 0.1) is 5.41 Å². The molecule has 0 unspecified atom stereocenters. The van der Waals surface area contributed by atoms with Crippen molar-refractivity contribution in [2.75, 3.05) is 53.0 Å². The molecule has 7 nitrogen and oxygen atoms in total. The zero-order chi connectivity index (χ0) is 15.1. The molecule has 2 heterocycles. The number of hydrogen-bond acceptors (Lipinski definition) is 5. The van der Waals surface area contributed by atoms with Gasteiger partial charge in [-0.05, 0) is 6.07 Å². The molecule has 0 saturated carbocycles. The van der Waals surface area contributed by atoms with Crippen LogP contribution in [0.2, 0.25) is 0 Å². The first-order chi connectivity index (χ1) is 10.2. The number of aromatic nitrogens is 2. The smallest absolute Gasteiger partial charge is 0.0966 e. The average Bonchev–Trinajstić information content (AvgIpc) is 2.91. The third kappa shape index (κ3) is 5.45. The number of methoxy groups -OCH3 is 1. The van der Waals surface area contributed by atoms with Crippen LogP contribution in [0.4, 0.5) is 0 Å². The normalized spacial score (nSPS) is 17.2. The Kier molecular flexibility index (Phi) is 6.16. The van der Waals surface area contributed by atoms with Crippen molar-refractivity contribution in [2.45, 2.75) is 13.0 Å². The average molecular weight is 294 g/mol. The van der Waals surface area contributed by atoms with Gasteiger partial charge < -0.3 is 10.5 Å². The first kappa shape index (κ1) is 15.9. The molecule has 0 atom stereocenters. The third-order valence-electron chi connectivity index (χ3n) is 3.79. The van der Waals surface area contributed by atoms with Crippen molar-refractivity contribution in [1.29, 1.82) is 5.41 Å². The van der Waals surface area contributed by atoms with Crippen molar-refractivity contribution in [3.05, 3.63) is 18.0 Å². The molecule has 3 N–H and O–H groups in total. The van der Waals surface area contributed by atoms with Crippen LogP contribution in [-0.2, 0) is 17.7 Å². The second kappa shape index (κ2) is 8.11. The Morgan fingerprint density at radius 1 is 1.24 bits per heavy atom. The van der Waals surface area contributed by atoms with E-state index < -0.39 is 0 Å². The van der Waals surface area contributed by atoms with E-state index in [4.69, 9.17) is 15.9 Å². The first-order valence-electron chi connectivity index (χ1n) is 7.46. The maximum absolute atomic E-state index is 7.28. The highest BCUT2D eigenvalue weighted by Gasteiger charge is 2.16. The fourth-order valence-electron chi connectivity index (χ4n) is 2.52. The summed E-state index contributed by atoms with van der Waals surface area (Å²) >= 11 is 0. The van der Waals surface area contributed by atoms with E-state index in [2.05, 4.69) is 14.9 Å².